The third-order valence-electron chi connectivity index (χ3n) is 2.96. The van der Waals surface area contributed by atoms with Crippen LogP contribution in [0, 0.1) is 0 Å². The molecule has 1 aromatic rings. The van der Waals surface area contributed by atoms with Crippen LogP contribution in [0.4, 0.5) is 0 Å². The van der Waals surface area contributed by atoms with Crippen molar-refractivity contribution in [3.63, 3.8) is 0 Å². The molecule has 0 radical (unpaired) electrons. The number of hydrogen-bond donors (Lipinski definition) is 1. The second kappa shape index (κ2) is 5.12. The molecule has 0 aliphatic carbocycles. The maximum Gasteiger partial charge on any atom is 0.258 e. The summed E-state index contributed by atoms with van der Waals surface area (Å²) < 4.78 is 15.6. The molecule has 1 rings (SSSR count). The molecule has 0 amide bonds. The van der Waals surface area contributed by atoms with Gasteiger partial charge in [0.15, 0.2) is 5.82 Å². The maximum atomic E-state index is 6.04. The summed E-state index contributed by atoms with van der Waals surface area (Å²) in [5.41, 5.74) is 4.70. The Morgan fingerprint density at radius 3 is 2.47 bits per heavy atom. The number of ether oxygens (including phenoxy) is 2. The molecule has 0 aromatic carbocycles. The van der Waals surface area contributed by atoms with Gasteiger partial charge in [0.2, 0.25) is 0 Å². The number of nitrogens with zero attached hydrogens (tertiary/aromatic N) is 2. The predicted molar refractivity (Wildman–Crippen MR) is 62.4 cm³/mol. The molecule has 6 heteroatoms. The fraction of sp³-hybridized carbons (Fsp3) is 0.818. The van der Waals surface area contributed by atoms with Crippen LogP contribution < -0.4 is 5.73 Å². The second-order valence-corrected chi connectivity index (χ2v) is 4.56. The first-order chi connectivity index (χ1) is 7.89. The normalized spacial score (nSPS) is 18.7. The monoisotopic (exact) mass is 243 g/mol. The highest BCUT2D eigenvalue weighted by molar-refractivity contribution is 5.05. The Morgan fingerprint density at radius 2 is 2.00 bits per heavy atom. The predicted octanol–water partition coefficient (Wildman–Crippen LogP) is 1.16. The van der Waals surface area contributed by atoms with Gasteiger partial charge in [-0.2, -0.15) is 4.98 Å². The summed E-state index contributed by atoms with van der Waals surface area (Å²) in [6, 6.07) is 0. The topological polar surface area (TPSA) is 83.4 Å². The molecule has 0 saturated carbocycles. The van der Waals surface area contributed by atoms with Crippen molar-refractivity contribution in [3.8, 4) is 0 Å². The smallest absolute Gasteiger partial charge is 0.258 e. The minimum absolute atomic E-state index is 0.321. The third kappa shape index (κ3) is 2.83. The molecule has 0 spiro atoms. The molecule has 1 aromatic heterocycles. The van der Waals surface area contributed by atoms with Crippen molar-refractivity contribution >= 4 is 0 Å². The van der Waals surface area contributed by atoms with Crippen LogP contribution >= 0.6 is 0 Å². The second-order valence-electron chi connectivity index (χ2n) is 4.56. The van der Waals surface area contributed by atoms with Crippen molar-refractivity contribution in [1.82, 2.24) is 10.1 Å². The van der Waals surface area contributed by atoms with Gasteiger partial charge < -0.3 is 19.7 Å². The lowest BCUT2D eigenvalue weighted by atomic mass is 10.0. The van der Waals surface area contributed by atoms with Gasteiger partial charge in [0.1, 0.15) is 11.1 Å². The molecule has 98 valence electrons. The summed E-state index contributed by atoms with van der Waals surface area (Å²) in [5.74, 6) is 0.858. The molecule has 2 N–H and O–H groups in total. The zero-order chi connectivity index (χ0) is 13.1. The molecule has 2 atom stereocenters. The lowest BCUT2D eigenvalue weighted by Crippen LogP contribution is -2.39. The van der Waals surface area contributed by atoms with Crippen LogP contribution in [0.15, 0.2) is 4.52 Å². The third-order valence-corrected chi connectivity index (χ3v) is 2.96. The molecular formula is C11H21N3O3. The van der Waals surface area contributed by atoms with Crippen LogP contribution in [-0.2, 0) is 20.6 Å². The Labute approximate surface area is 101 Å². The molecule has 1 heterocycles. The van der Waals surface area contributed by atoms with E-state index in [9.17, 15) is 0 Å². The van der Waals surface area contributed by atoms with Crippen LogP contribution in [0.25, 0.3) is 0 Å². The molecular weight excluding hydrogens is 222 g/mol. The molecule has 0 aliphatic heterocycles. The van der Waals surface area contributed by atoms with Crippen molar-refractivity contribution in [2.24, 2.45) is 5.73 Å². The van der Waals surface area contributed by atoms with Crippen molar-refractivity contribution in [2.45, 2.75) is 38.3 Å². The van der Waals surface area contributed by atoms with Crippen molar-refractivity contribution in [2.75, 3.05) is 20.8 Å². The Balaban J connectivity index is 2.99. The van der Waals surface area contributed by atoms with E-state index in [1.807, 2.05) is 13.8 Å². The van der Waals surface area contributed by atoms with Crippen molar-refractivity contribution in [1.29, 1.82) is 0 Å². The first-order valence-electron chi connectivity index (χ1n) is 5.57. The van der Waals surface area contributed by atoms with Gasteiger partial charge >= 0.3 is 0 Å². The number of rotatable bonds is 6. The molecule has 6 nitrogen and oxygen atoms in total. The lowest BCUT2D eigenvalue weighted by Gasteiger charge is -2.22. The van der Waals surface area contributed by atoms with Gasteiger partial charge in [0, 0.05) is 14.2 Å². The van der Waals surface area contributed by atoms with Gasteiger partial charge in [0.05, 0.1) is 6.61 Å². The van der Waals surface area contributed by atoms with Gasteiger partial charge in [-0.15, -0.1) is 0 Å². The average molecular weight is 243 g/mol. The highest BCUT2D eigenvalue weighted by Crippen LogP contribution is 2.28. The Morgan fingerprint density at radius 1 is 1.35 bits per heavy atom. The zero-order valence-corrected chi connectivity index (χ0v) is 11.1. The summed E-state index contributed by atoms with van der Waals surface area (Å²) in [7, 11) is 3.20. The fourth-order valence-electron chi connectivity index (χ4n) is 1.42. The number of aromatic nitrogens is 2. The van der Waals surface area contributed by atoms with E-state index in [1.165, 1.54) is 0 Å². The van der Waals surface area contributed by atoms with Crippen molar-refractivity contribution < 1.29 is 14.0 Å². The average Bonchev–Trinajstić information content (AvgIpc) is 2.78. The highest BCUT2D eigenvalue weighted by Gasteiger charge is 2.34. The Kier molecular flexibility index (Phi) is 4.24. The maximum absolute atomic E-state index is 6.04. The van der Waals surface area contributed by atoms with E-state index < -0.39 is 11.1 Å². The summed E-state index contributed by atoms with van der Waals surface area (Å²) >= 11 is 0. The zero-order valence-electron chi connectivity index (χ0n) is 11.1. The van der Waals surface area contributed by atoms with Crippen LogP contribution in [-0.4, -0.2) is 31.0 Å². The van der Waals surface area contributed by atoms with Crippen LogP contribution in [0.5, 0.6) is 0 Å². The van der Waals surface area contributed by atoms with Gasteiger partial charge in [0.25, 0.3) is 5.89 Å². The first-order valence-corrected chi connectivity index (χ1v) is 5.57. The van der Waals surface area contributed by atoms with Gasteiger partial charge in [-0.3, -0.25) is 0 Å². The summed E-state index contributed by atoms with van der Waals surface area (Å²) in [4.78, 5) is 4.31. The summed E-state index contributed by atoms with van der Waals surface area (Å²) in [6.07, 6.45) is 0.733. The van der Waals surface area contributed by atoms with E-state index in [2.05, 4.69) is 10.1 Å². The van der Waals surface area contributed by atoms with Crippen LogP contribution in [0.1, 0.15) is 38.9 Å². The fourth-order valence-corrected chi connectivity index (χ4v) is 1.42. The van der Waals surface area contributed by atoms with E-state index in [0.717, 1.165) is 6.42 Å². The van der Waals surface area contributed by atoms with Gasteiger partial charge in [-0.1, -0.05) is 12.1 Å². The number of methoxy groups -OCH3 is 2. The minimum atomic E-state index is -0.765. The van der Waals surface area contributed by atoms with E-state index >= 15 is 0 Å². The van der Waals surface area contributed by atoms with Crippen LogP contribution in [0.3, 0.4) is 0 Å². The number of hydrogen-bond acceptors (Lipinski definition) is 6. The largest absolute Gasteiger partial charge is 0.382 e. The molecule has 17 heavy (non-hydrogen) atoms. The summed E-state index contributed by atoms with van der Waals surface area (Å²) in [6.45, 7) is 6.00. The highest BCUT2D eigenvalue weighted by atomic mass is 16.5. The quantitative estimate of drug-likeness (QED) is 0.807. The first kappa shape index (κ1) is 14.1. The van der Waals surface area contributed by atoms with Gasteiger partial charge in [-0.25, -0.2) is 0 Å². The van der Waals surface area contributed by atoms with E-state index in [-0.39, 0.29) is 0 Å². The van der Waals surface area contributed by atoms with Crippen molar-refractivity contribution in [3.05, 3.63) is 11.7 Å². The van der Waals surface area contributed by atoms with E-state index in [4.69, 9.17) is 19.7 Å². The minimum Gasteiger partial charge on any atom is -0.382 e. The van der Waals surface area contributed by atoms with E-state index in [1.54, 1.807) is 21.1 Å². The van der Waals surface area contributed by atoms with E-state index in [0.29, 0.717) is 18.3 Å². The number of nitrogens with two attached hydrogens (primary N) is 1. The van der Waals surface area contributed by atoms with Gasteiger partial charge in [-0.05, 0) is 20.3 Å². The Bertz CT molecular complexity index is 359. The SMILES string of the molecule is CCC(C)(OC)c1nc(C(C)(N)COC)no1. The van der Waals surface area contributed by atoms with Crippen LogP contribution in [0.2, 0.25) is 0 Å². The summed E-state index contributed by atoms with van der Waals surface area (Å²) in [5, 5.41) is 3.90. The molecule has 0 aliphatic rings. The molecule has 0 fully saturated rings. The molecule has 0 bridgehead atoms. The lowest BCUT2D eigenvalue weighted by molar-refractivity contribution is -0.0272. The standard InChI is InChI=1S/C11H21N3O3/c1-6-11(3,16-5)9-13-8(14-17-9)10(2,12)7-15-4/h6-7,12H2,1-5H3. The molecule has 2 unspecified atom stereocenters. The molecule has 0 saturated heterocycles. The Hall–Kier alpha value is -0.980.